The van der Waals surface area contributed by atoms with E-state index in [9.17, 15) is 14.9 Å². The zero-order chi connectivity index (χ0) is 14.4. The molecule has 0 aliphatic rings. The van der Waals surface area contributed by atoms with Crippen LogP contribution in [0.1, 0.15) is 43.5 Å². The molecule has 1 atom stereocenters. The number of amides is 1. The van der Waals surface area contributed by atoms with Crippen molar-refractivity contribution in [3.63, 3.8) is 0 Å². The van der Waals surface area contributed by atoms with Crippen LogP contribution in [0, 0.1) is 10.1 Å². The fraction of sp³-hybridized carbons (Fsp3) is 0.462. The first kappa shape index (κ1) is 14.9. The largest absolute Gasteiger partial charge is 0.393 e. The van der Waals surface area contributed by atoms with Crippen LogP contribution in [0.4, 0.5) is 11.4 Å². The van der Waals surface area contributed by atoms with Gasteiger partial charge in [0.25, 0.3) is 11.6 Å². The summed E-state index contributed by atoms with van der Waals surface area (Å²) in [6.45, 7) is 4.00. The predicted octanol–water partition coefficient (Wildman–Crippen LogP) is 2.49. The standard InChI is InChI=1S/C13H19N3O3/c1-3-4-5-9(2)15-13(17)10-6-7-11(14)12(8-10)16(18)19/h6-9H,3-5,14H2,1-2H3,(H,15,17). The molecule has 1 rings (SSSR count). The lowest BCUT2D eigenvalue weighted by atomic mass is 10.1. The molecule has 3 N–H and O–H groups in total. The molecule has 6 heteroatoms. The Balaban J connectivity index is 2.77. The molecule has 104 valence electrons. The van der Waals surface area contributed by atoms with Crippen LogP contribution in [0.2, 0.25) is 0 Å². The van der Waals surface area contributed by atoms with Gasteiger partial charge < -0.3 is 11.1 Å². The summed E-state index contributed by atoms with van der Waals surface area (Å²) in [5, 5.41) is 13.6. The lowest BCUT2D eigenvalue weighted by Crippen LogP contribution is -2.32. The van der Waals surface area contributed by atoms with E-state index >= 15 is 0 Å². The highest BCUT2D eigenvalue weighted by molar-refractivity contribution is 5.95. The van der Waals surface area contributed by atoms with Gasteiger partial charge in [-0.2, -0.15) is 0 Å². The minimum absolute atomic E-state index is 0.0454. The minimum atomic E-state index is -0.591. The van der Waals surface area contributed by atoms with Gasteiger partial charge >= 0.3 is 0 Å². The van der Waals surface area contributed by atoms with Crippen LogP contribution >= 0.6 is 0 Å². The van der Waals surface area contributed by atoms with E-state index in [2.05, 4.69) is 12.2 Å². The highest BCUT2D eigenvalue weighted by atomic mass is 16.6. The summed E-state index contributed by atoms with van der Waals surface area (Å²) in [6, 6.07) is 4.12. The maximum Gasteiger partial charge on any atom is 0.292 e. The molecule has 0 heterocycles. The van der Waals surface area contributed by atoms with E-state index in [1.54, 1.807) is 0 Å². The highest BCUT2D eigenvalue weighted by Gasteiger charge is 2.16. The van der Waals surface area contributed by atoms with Crippen LogP contribution in [-0.2, 0) is 0 Å². The summed E-state index contributed by atoms with van der Waals surface area (Å²) < 4.78 is 0. The minimum Gasteiger partial charge on any atom is -0.393 e. The van der Waals surface area contributed by atoms with Gasteiger partial charge in [0.15, 0.2) is 0 Å². The highest BCUT2D eigenvalue weighted by Crippen LogP contribution is 2.22. The summed E-state index contributed by atoms with van der Waals surface area (Å²) in [7, 11) is 0. The zero-order valence-corrected chi connectivity index (χ0v) is 11.2. The second kappa shape index (κ2) is 6.72. The summed E-state index contributed by atoms with van der Waals surface area (Å²) in [5.74, 6) is -0.313. The number of nitro benzene ring substituents is 1. The number of nitrogen functional groups attached to an aromatic ring is 1. The lowest BCUT2D eigenvalue weighted by Gasteiger charge is -2.13. The van der Waals surface area contributed by atoms with Gasteiger partial charge in [0.2, 0.25) is 0 Å². The van der Waals surface area contributed by atoms with Gasteiger partial charge in [-0.3, -0.25) is 14.9 Å². The van der Waals surface area contributed by atoms with Crippen LogP contribution < -0.4 is 11.1 Å². The van der Waals surface area contributed by atoms with Crippen molar-refractivity contribution in [3.05, 3.63) is 33.9 Å². The molecule has 6 nitrogen and oxygen atoms in total. The average Bonchev–Trinajstić information content (AvgIpc) is 2.36. The predicted molar refractivity (Wildman–Crippen MR) is 74.0 cm³/mol. The van der Waals surface area contributed by atoms with Gasteiger partial charge in [0.1, 0.15) is 5.69 Å². The molecule has 1 unspecified atom stereocenters. The van der Waals surface area contributed by atoms with E-state index in [-0.39, 0.29) is 28.9 Å². The van der Waals surface area contributed by atoms with Crippen molar-refractivity contribution in [3.8, 4) is 0 Å². The van der Waals surface area contributed by atoms with Crippen LogP contribution in [0.15, 0.2) is 18.2 Å². The second-order valence-corrected chi connectivity index (χ2v) is 4.55. The molecule has 0 saturated heterocycles. The van der Waals surface area contributed by atoms with E-state index < -0.39 is 4.92 Å². The number of nitrogens with one attached hydrogen (secondary N) is 1. The third-order valence-corrected chi connectivity index (χ3v) is 2.86. The fourth-order valence-corrected chi connectivity index (χ4v) is 1.73. The topological polar surface area (TPSA) is 98.3 Å². The molecular formula is C13H19N3O3. The van der Waals surface area contributed by atoms with Crippen LogP contribution in [0.3, 0.4) is 0 Å². The number of anilines is 1. The number of rotatable bonds is 6. The molecule has 0 aliphatic carbocycles. The number of unbranched alkanes of at least 4 members (excludes halogenated alkanes) is 1. The molecule has 0 radical (unpaired) electrons. The molecule has 0 aliphatic heterocycles. The van der Waals surface area contributed by atoms with Gasteiger partial charge in [-0.25, -0.2) is 0 Å². The van der Waals surface area contributed by atoms with Crippen molar-refractivity contribution in [1.82, 2.24) is 5.32 Å². The number of benzene rings is 1. The van der Waals surface area contributed by atoms with Crippen molar-refractivity contribution in [2.24, 2.45) is 0 Å². The maximum atomic E-state index is 11.9. The van der Waals surface area contributed by atoms with Gasteiger partial charge in [-0.15, -0.1) is 0 Å². The van der Waals surface area contributed by atoms with Crippen LogP contribution in [0.5, 0.6) is 0 Å². The molecule has 0 fully saturated rings. The van der Waals surface area contributed by atoms with Crippen molar-refractivity contribution in [2.45, 2.75) is 39.2 Å². The van der Waals surface area contributed by atoms with Crippen LogP contribution in [0.25, 0.3) is 0 Å². The Morgan fingerprint density at radius 1 is 1.53 bits per heavy atom. The van der Waals surface area contributed by atoms with Crippen molar-refractivity contribution in [2.75, 3.05) is 5.73 Å². The first-order valence-corrected chi connectivity index (χ1v) is 6.30. The quantitative estimate of drug-likeness (QED) is 0.469. The Bertz CT molecular complexity index is 474. The third-order valence-electron chi connectivity index (χ3n) is 2.86. The first-order valence-electron chi connectivity index (χ1n) is 6.30. The SMILES string of the molecule is CCCCC(C)NC(=O)c1ccc(N)c([N+](=O)[O-])c1. The molecule has 1 aromatic rings. The smallest absolute Gasteiger partial charge is 0.292 e. The van der Waals surface area contributed by atoms with Crippen molar-refractivity contribution >= 4 is 17.3 Å². The molecule has 0 bridgehead atoms. The first-order chi connectivity index (χ1) is 8.95. The Hall–Kier alpha value is -2.11. The van der Waals surface area contributed by atoms with Gasteiger partial charge in [0, 0.05) is 17.7 Å². The van der Waals surface area contributed by atoms with Crippen molar-refractivity contribution < 1.29 is 9.72 Å². The van der Waals surface area contributed by atoms with Gasteiger partial charge in [0.05, 0.1) is 4.92 Å². The van der Waals surface area contributed by atoms with Gasteiger partial charge in [-0.1, -0.05) is 19.8 Å². The number of nitro groups is 1. The summed E-state index contributed by atoms with van der Waals surface area (Å²) in [6.07, 6.45) is 2.98. The molecule has 0 spiro atoms. The normalized spacial score (nSPS) is 11.9. The monoisotopic (exact) mass is 265 g/mol. The third kappa shape index (κ3) is 4.24. The number of nitrogens with two attached hydrogens (primary N) is 1. The Labute approximate surface area is 112 Å². The van der Waals surface area contributed by atoms with E-state index in [4.69, 9.17) is 5.73 Å². The molecule has 0 aromatic heterocycles. The molecule has 19 heavy (non-hydrogen) atoms. The average molecular weight is 265 g/mol. The molecule has 1 aromatic carbocycles. The Morgan fingerprint density at radius 3 is 2.79 bits per heavy atom. The molecule has 0 saturated carbocycles. The number of hydrogen-bond donors (Lipinski definition) is 2. The number of carbonyl (C=O) groups is 1. The lowest BCUT2D eigenvalue weighted by molar-refractivity contribution is -0.383. The molecule has 1 amide bonds. The van der Waals surface area contributed by atoms with E-state index in [0.29, 0.717) is 0 Å². The number of hydrogen-bond acceptors (Lipinski definition) is 4. The Morgan fingerprint density at radius 2 is 2.21 bits per heavy atom. The van der Waals surface area contributed by atoms with E-state index in [0.717, 1.165) is 19.3 Å². The maximum absolute atomic E-state index is 11.9. The van der Waals surface area contributed by atoms with Crippen molar-refractivity contribution in [1.29, 1.82) is 0 Å². The number of nitrogens with zero attached hydrogens (tertiary/aromatic N) is 1. The van der Waals surface area contributed by atoms with E-state index in [1.807, 2.05) is 6.92 Å². The summed E-state index contributed by atoms with van der Waals surface area (Å²) in [4.78, 5) is 22.1. The number of carbonyl (C=O) groups excluding carboxylic acids is 1. The fourth-order valence-electron chi connectivity index (χ4n) is 1.73. The summed E-state index contributed by atoms with van der Waals surface area (Å²) in [5.41, 5.74) is 5.55. The summed E-state index contributed by atoms with van der Waals surface area (Å²) >= 11 is 0. The molecular weight excluding hydrogens is 246 g/mol. The van der Waals surface area contributed by atoms with E-state index in [1.165, 1.54) is 18.2 Å². The van der Waals surface area contributed by atoms with Gasteiger partial charge in [-0.05, 0) is 25.5 Å². The second-order valence-electron chi connectivity index (χ2n) is 4.55. The zero-order valence-electron chi connectivity index (χ0n) is 11.2. The Kier molecular flexibility index (Phi) is 5.29. The van der Waals surface area contributed by atoms with Crippen LogP contribution in [-0.4, -0.2) is 16.9 Å².